The number of carbonyl (C=O) groups is 2. The molecule has 0 unspecified atom stereocenters. The number of furan rings is 1. The van der Waals surface area contributed by atoms with E-state index < -0.39 is 11.8 Å². The maximum absolute atomic E-state index is 11.7. The van der Waals surface area contributed by atoms with Gasteiger partial charge in [0.2, 0.25) is 0 Å². The standard InChI is InChI=1S/C16H17N3O3/c1-3-12-5-7-13(8-6-12)18-15(20)16(21)19-17-10-14-9-4-11(2)22-14/h4-10H,3H2,1-2H3,(H,18,20)(H,19,21). The second kappa shape index (κ2) is 7.21. The molecule has 22 heavy (non-hydrogen) atoms. The van der Waals surface area contributed by atoms with Gasteiger partial charge in [0.05, 0.1) is 6.21 Å². The lowest BCUT2D eigenvalue weighted by Gasteiger charge is -2.04. The Morgan fingerprint density at radius 2 is 1.86 bits per heavy atom. The fourth-order valence-corrected chi connectivity index (χ4v) is 1.74. The predicted octanol–water partition coefficient (Wildman–Crippen LogP) is 2.24. The van der Waals surface area contributed by atoms with Gasteiger partial charge < -0.3 is 9.73 Å². The van der Waals surface area contributed by atoms with E-state index in [-0.39, 0.29) is 0 Å². The molecule has 2 aromatic rings. The Hall–Kier alpha value is -2.89. The topological polar surface area (TPSA) is 83.7 Å². The normalized spacial score (nSPS) is 10.6. The third kappa shape index (κ3) is 4.31. The summed E-state index contributed by atoms with van der Waals surface area (Å²) in [5, 5.41) is 6.16. The number of hydrogen-bond donors (Lipinski definition) is 2. The van der Waals surface area contributed by atoms with Crippen molar-refractivity contribution in [1.29, 1.82) is 0 Å². The molecule has 2 amide bonds. The first kappa shape index (κ1) is 15.5. The lowest BCUT2D eigenvalue weighted by atomic mass is 10.1. The fourth-order valence-electron chi connectivity index (χ4n) is 1.74. The lowest BCUT2D eigenvalue weighted by Crippen LogP contribution is -2.32. The van der Waals surface area contributed by atoms with E-state index in [1.807, 2.05) is 19.1 Å². The summed E-state index contributed by atoms with van der Waals surface area (Å²) in [4.78, 5) is 23.3. The van der Waals surface area contributed by atoms with Crippen molar-refractivity contribution in [3.63, 3.8) is 0 Å². The zero-order chi connectivity index (χ0) is 15.9. The van der Waals surface area contributed by atoms with Crippen molar-refractivity contribution in [1.82, 2.24) is 5.43 Å². The second-order valence-corrected chi connectivity index (χ2v) is 4.65. The van der Waals surface area contributed by atoms with Crippen molar-refractivity contribution in [3.8, 4) is 0 Å². The maximum Gasteiger partial charge on any atom is 0.329 e. The number of nitrogens with one attached hydrogen (secondary N) is 2. The second-order valence-electron chi connectivity index (χ2n) is 4.65. The molecule has 1 heterocycles. The van der Waals surface area contributed by atoms with Gasteiger partial charge in [-0.1, -0.05) is 19.1 Å². The SMILES string of the molecule is CCc1ccc(NC(=O)C(=O)NN=Cc2ccc(C)o2)cc1. The van der Waals surface area contributed by atoms with Crippen molar-refractivity contribution < 1.29 is 14.0 Å². The van der Waals surface area contributed by atoms with Gasteiger partial charge >= 0.3 is 11.8 Å². The first-order valence-electron chi connectivity index (χ1n) is 6.88. The predicted molar refractivity (Wildman–Crippen MR) is 83.6 cm³/mol. The molecule has 0 aliphatic heterocycles. The molecule has 0 saturated carbocycles. The molecule has 0 fully saturated rings. The number of nitrogens with zero attached hydrogens (tertiary/aromatic N) is 1. The number of aryl methyl sites for hydroxylation is 2. The Morgan fingerprint density at radius 1 is 1.14 bits per heavy atom. The molecule has 6 nitrogen and oxygen atoms in total. The van der Waals surface area contributed by atoms with Gasteiger partial charge in [-0.15, -0.1) is 0 Å². The average Bonchev–Trinajstić information content (AvgIpc) is 2.93. The zero-order valence-electron chi connectivity index (χ0n) is 12.4. The van der Waals surface area contributed by atoms with Gasteiger partial charge in [0.25, 0.3) is 0 Å². The minimum atomic E-state index is -0.848. The van der Waals surface area contributed by atoms with Gasteiger partial charge in [-0.05, 0) is 43.2 Å². The molecule has 0 aliphatic carbocycles. The molecular formula is C16H17N3O3. The summed E-state index contributed by atoms with van der Waals surface area (Å²) in [6, 6.07) is 10.8. The van der Waals surface area contributed by atoms with Crippen LogP contribution >= 0.6 is 0 Å². The van der Waals surface area contributed by atoms with Gasteiger partial charge in [-0.2, -0.15) is 5.10 Å². The molecule has 2 rings (SSSR count). The summed E-state index contributed by atoms with van der Waals surface area (Å²) < 4.78 is 5.24. The van der Waals surface area contributed by atoms with E-state index in [1.54, 1.807) is 31.2 Å². The summed E-state index contributed by atoms with van der Waals surface area (Å²) in [6.45, 7) is 3.84. The van der Waals surface area contributed by atoms with E-state index in [9.17, 15) is 9.59 Å². The molecule has 2 N–H and O–H groups in total. The summed E-state index contributed by atoms with van der Waals surface area (Å²) in [5.74, 6) is -0.398. The van der Waals surface area contributed by atoms with Gasteiger partial charge in [-0.3, -0.25) is 9.59 Å². The number of anilines is 1. The molecule has 0 spiro atoms. The molecule has 6 heteroatoms. The number of rotatable bonds is 4. The highest BCUT2D eigenvalue weighted by atomic mass is 16.3. The molecular weight excluding hydrogens is 282 g/mol. The van der Waals surface area contributed by atoms with Gasteiger partial charge in [-0.25, -0.2) is 5.43 Å². The smallest absolute Gasteiger partial charge is 0.329 e. The largest absolute Gasteiger partial charge is 0.460 e. The molecule has 0 radical (unpaired) electrons. The van der Waals surface area contributed by atoms with Crippen molar-refractivity contribution in [2.24, 2.45) is 5.10 Å². The minimum absolute atomic E-state index is 0.494. The number of carbonyl (C=O) groups excluding carboxylic acids is 2. The quantitative estimate of drug-likeness (QED) is 0.516. The van der Waals surface area contributed by atoms with E-state index in [1.165, 1.54) is 6.21 Å². The number of hydrogen-bond acceptors (Lipinski definition) is 4. The highest BCUT2D eigenvalue weighted by molar-refractivity contribution is 6.39. The maximum atomic E-state index is 11.7. The van der Waals surface area contributed by atoms with Crippen molar-refractivity contribution in [2.45, 2.75) is 20.3 Å². The van der Waals surface area contributed by atoms with Crippen LogP contribution < -0.4 is 10.7 Å². The Morgan fingerprint density at radius 3 is 2.45 bits per heavy atom. The van der Waals surface area contributed by atoms with Crippen LogP contribution in [0.5, 0.6) is 0 Å². The summed E-state index contributed by atoms with van der Waals surface area (Å²) in [5.41, 5.74) is 3.85. The Bertz CT molecular complexity index is 687. The number of benzene rings is 1. The first-order valence-corrected chi connectivity index (χ1v) is 6.88. The summed E-state index contributed by atoms with van der Waals surface area (Å²) in [7, 11) is 0. The van der Waals surface area contributed by atoms with Gasteiger partial charge in [0.1, 0.15) is 11.5 Å². The van der Waals surface area contributed by atoms with Crippen LogP contribution in [0.1, 0.15) is 24.0 Å². The molecule has 1 aromatic heterocycles. The Labute approximate surface area is 128 Å². The van der Waals surface area contributed by atoms with Crippen molar-refractivity contribution >= 4 is 23.7 Å². The monoisotopic (exact) mass is 299 g/mol. The van der Waals surface area contributed by atoms with Crippen LogP contribution in [0.4, 0.5) is 5.69 Å². The number of amides is 2. The summed E-state index contributed by atoms with van der Waals surface area (Å²) in [6.07, 6.45) is 2.24. The van der Waals surface area contributed by atoms with Gasteiger partial charge in [0, 0.05) is 5.69 Å². The third-order valence-corrected chi connectivity index (χ3v) is 2.95. The van der Waals surface area contributed by atoms with Crippen LogP contribution in [0.25, 0.3) is 0 Å². The van der Waals surface area contributed by atoms with E-state index in [4.69, 9.17) is 4.42 Å². The van der Waals surface area contributed by atoms with Gasteiger partial charge in [0.15, 0.2) is 0 Å². The van der Waals surface area contributed by atoms with Crippen LogP contribution in [0.3, 0.4) is 0 Å². The van der Waals surface area contributed by atoms with Crippen LogP contribution in [0.2, 0.25) is 0 Å². The van der Waals surface area contributed by atoms with Crippen LogP contribution in [-0.2, 0) is 16.0 Å². The molecule has 114 valence electrons. The van der Waals surface area contributed by atoms with Crippen LogP contribution in [0, 0.1) is 6.92 Å². The van der Waals surface area contributed by atoms with E-state index in [0.29, 0.717) is 11.4 Å². The van der Waals surface area contributed by atoms with Crippen molar-refractivity contribution in [2.75, 3.05) is 5.32 Å². The fraction of sp³-hybridized carbons (Fsp3) is 0.188. The van der Waals surface area contributed by atoms with E-state index in [0.717, 1.165) is 17.7 Å². The van der Waals surface area contributed by atoms with Crippen molar-refractivity contribution in [3.05, 3.63) is 53.5 Å². The Kier molecular flexibility index (Phi) is 5.08. The minimum Gasteiger partial charge on any atom is -0.460 e. The molecule has 1 aromatic carbocycles. The highest BCUT2D eigenvalue weighted by Gasteiger charge is 2.12. The third-order valence-electron chi connectivity index (χ3n) is 2.95. The van der Waals surface area contributed by atoms with Crippen LogP contribution in [-0.4, -0.2) is 18.0 Å². The lowest BCUT2D eigenvalue weighted by molar-refractivity contribution is -0.136. The van der Waals surface area contributed by atoms with Crippen LogP contribution in [0.15, 0.2) is 45.9 Å². The molecule has 0 atom stereocenters. The molecule has 0 saturated heterocycles. The van der Waals surface area contributed by atoms with E-state index >= 15 is 0 Å². The average molecular weight is 299 g/mol. The number of hydrazone groups is 1. The summed E-state index contributed by atoms with van der Waals surface area (Å²) >= 11 is 0. The highest BCUT2D eigenvalue weighted by Crippen LogP contribution is 2.09. The first-order chi connectivity index (χ1) is 10.6. The Balaban J connectivity index is 1.86. The molecule has 0 aliphatic rings. The molecule has 0 bridgehead atoms. The van der Waals surface area contributed by atoms with E-state index in [2.05, 4.69) is 15.8 Å². The zero-order valence-corrected chi connectivity index (χ0v) is 12.4.